The number of rotatable bonds is 4. The first-order valence-electron chi connectivity index (χ1n) is 8.15. The average molecular weight is 340 g/mol. The SMILES string of the molecule is CC(NC(=O)Nc1ccccc1C(=O)NC(C)(C)C)c1ccncc1. The van der Waals surface area contributed by atoms with E-state index in [4.69, 9.17) is 0 Å². The minimum atomic E-state index is -0.375. The summed E-state index contributed by atoms with van der Waals surface area (Å²) in [6, 6.07) is 10.1. The van der Waals surface area contributed by atoms with Crippen molar-refractivity contribution in [2.75, 3.05) is 5.32 Å². The second-order valence-corrected chi connectivity index (χ2v) is 6.85. The van der Waals surface area contributed by atoms with Crippen molar-refractivity contribution in [1.82, 2.24) is 15.6 Å². The molecule has 0 aliphatic rings. The maximum absolute atomic E-state index is 12.4. The first kappa shape index (κ1) is 18.4. The van der Waals surface area contributed by atoms with Gasteiger partial charge in [0.2, 0.25) is 0 Å². The fourth-order valence-corrected chi connectivity index (χ4v) is 2.29. The smallest absolute Gasteiger partial charge is 0.319 e. The van der Waals surface area contributed by atoms with Crippen LogP contribution in [0.2, 0.25) is 0 Å². The molecular formula is C19H24N4O2. The molecule has 6 heteroatoms. The van der Waals surface area contributed by atoms with Crippen molar-refractivity contribution >= 4 is 17.6 Å². The van der Waals surface area contributed by atoms with E-state index in [1.165, 1.54) is 0 Å². The molecule has 0 saturated heterocycles. The quantitative estimate of drug-likeness (QED) is 0.796. The summed E-state index contributed by atoms with van der Waals surface area (Å²) in [6.45, 7) is 7.60. The minimum absolute atomic E-state index is 0.182. The highest BCUT2D eigenvalue weighted by molar-refractivity contribution is 6.03. The predicted molar refractivity (Wildman–Crippen MR) is 98.5 cm³/mol. The lowest BCUT2D eigenvalue weighted by Crippen LogP contribution is -2.41. The summed E-state index contributed by atoms with van der Waals surface area (Å²) in [4.78, 5) is 28.7. The van der Waals surface area contributed by atoms with Gasteiger partial charge in [-0.05, 0) is 57.5 Å². The predicted octanol–water partition coefficient (Wildman–Crippen LogP) is 3.49. The van der Waals surface area contributed by atoms with Gasteiger partial charge in [-0.25, -0.2) is 4.79 Å². The van der Waals surface area contributed by atoms with Crippen LogP contribution in [-0.2, 0) is 0 Å². The molecule has 1 heterocycles. The molecule has 0 bridgehead atoms. The van der Waals surface area contributed by atoms with Crippen molar-refractivity contribution in [3.8, 4) is 0 Å². The van der Waals surface area contributed by atoms with Crippen molar-refractivity contribution < 1.29 is 9.59 Å². The van der Waals surface area contributed by atoms with Crippen LogP contribution in [0.4, 0.5) is 10.5 Å². The number of hydrogen-bond donors (Lipinski definition) is 3. The van der Waals surface area contributed by atoms with Crippen molar-refractivity contribution in [2.24, 2.45) is 0 Å². The Morgan fingerprint density at radius 1 is 1.04 bits per heavy atom. The van der Waals surface area contributed by atoms with Crippen LogP contribution >= 0.6 is 0 Å². The number of benzene rings is 1. The van der Waals surface area contributed by atoms with Crippen LogP contribution in [0.15, 0.2) is 48.8 Å². The zero-order valence-corrected chi connectivity index (χ0v) is 15.0. The molecular weight excluding hydrogens is 316 g/mol. The van der Waals surface area contributed by atoms with Gasteiger partial charge in [-0.1, -0.05) is 12.1 Å². The fourth-order valence-electron chi connectivity index (χ4n) is 2.29. The van der Waals surface area contributed by atoms with Crippen LogP contribution in [0.5, 0.6) is 0 Å². The Morgan fingerprint density at radius 2 is 1.68 bits per heavy atom. The Labute approximate surface area is 148 Å². The van der Waals surface area contributed by atoms with Crippen molar-refractivity contribution in [1.29, 1.82) is 0 Å². The highest BCUT2D eigenvalue weighted by Crippen LogP contribution is 2.17. The number of pyridine rings is 1. The molecule has 0 spiro atoms. The lowest BCUT2D eigenvalue weighted by Gasteiger charge is -2.22. The number of anilines is 1. The highest BCUT2D eigenvalue weighted by Gasteiger charge is 2.19. The van der Waals surface area contributed by atoms with Crippen LogP contribution in [0.3, 0.4) is 0 Å². The highest BCUT2D eigenvalue weighted by atomic mass is 16.2. The number of carbonyl (C=O) groups excluding carboxylic acids is 2. The maximum Gasteiger partial charge on any atom is 0.319 e. The van der Waals surface area contributed by atoms with Crippen molar-refractivity contribution in [2.45, 2.75) is 39.3 Å². The van der Waals surface area contributed by atoms with E-state index in [-0.39, 0.29) is 23.5 Å². The Morgan fingerprint density at radius 3 is 2.32 bits per heavy atom. The number of aromatic nitrogens is 1. The van der Waals surface area contributed by atoms with E-state index in [9.17, 15) is 9.59 Å². The molecule has 3 N–H and O–H groups in total. The van der Waals surface area contributed by atoms with Crippen LogP contribution in [0.1, 0.15) is 49.7 Å². The maximum atomic E-state index is 12.4. The summed E-state index contributed by atoms with van der Waals surface area (Å²) >= 11 is 0. The van der Waals surface area contributed by atoms with E-state index in [0.717, 1.165) is 5.56 Å². The Kier molecular flexibility index (Phi) is 5.75. The molecule has 1 aromatic carbocycles. The third-order valence-corrected chi connectivity index (χ3v) is 3.46. The second kappa shape index (κ2) is 7.79. The molecule has 1 atom stereocenters. The van der Waals surface area contributed by atoms with Crippen LogP contribution in [0, 0.1) is 0 Å². The Balaban J connectivity index is 2.07. The van der Waals surface area contributed by atoms with Gasteiger partial charge in [0.05, 0.1) is 17.3 Å². The fraction of sp³-hybridized carbons (Fsp3) is 0.316. The van der Waals surface area contributed by atoms with Gasteiger partial charge >= 0.3 is 6.03 Å². The van der Waals surface area contributed by atoms with Gasteiger partial charge in [0.25, 0.3) is 5.91 Å². The molecule has 0 fully saturated rings. The topological polar surface area (TPSA) is 83.1 Å². The second-order valence-electron chi connectivity index (χ2n) is 6.85. The molecule has 0 radical (unpaired) electrons. The zero-order valence-electron chi connectivity index (χ0n) is 15.0. The van der Waals surface area contributed by atoms with E-state index < -0.39 is 0 Å². The largest absolute Gasteiger partial charge is 0.347 e. The van der Waals surface area contributed by atoms with Crippen molar-refractivity contribution in [3.05, 3.63) is 59.9 Å². The Hall–Kier alpha value is -2.89. The van der Waals surface area contributed by atoms with Crippen LogP contribution in [0.25, 0.3) is 0 Å². The molecule has 0 saturated carbocycles. The first-order valence-corrected chi connectivity index (χ1v) is 8.15. The van der Waals surface area contributed by atoms with E-state index in [1.54, 1.807) is 36.7 Å². The first-order chi connectivity index (χ1) is 11.8. The van der Waals surface area contributed by atoms with E-state index >= 15 is 0 Å². The number of carbonyl (C=O) groups is 2. The standard InChI is InChI=1S/C19H24N4O2/c1-13(14-9-11-20-12-10-14)21-18(25)22-16-8-6-5-7-15(16)17(24)23-19(2,3)4/h5-13H,1-4H3,(H,23,24)(H2,21,22,25). The third-order valence-electron chi connectivity index (χ3n) is 3.46. The third kappa shape index (κ3) is 5.60. The summed E-state index contributed by atoms with van der Waals surface area (Å²) in [5, 5.41) is 8.50. The molecule has 6 nitrogen and oxygen atoms in total. The number of para-hydroxylation sites is 1. The lowest BCUT2D eigenvalue weighted by atomic mass is 10.1. The molecule has 2 aromatic rings. The number of hydrogen-bond acceptors (Lipinski definition) is 3. The summed E-state index contributed by atoms with van der Waals surface area (Å²) in [7, 11) is 0. The summed E-state index contributed by atoms with van der Waals surface area (Å²) in [6.07, 6.45) is 3.36. The van der Waals surface area contributed by atoms with E-state index in [0.29, 0.717) is 11.3 Å². The molecule has 2 rings (SSSR count). The Bertz CT molecular complexity index is 739. The van der Waals surface area contributed by atoms with Gasteiger partial charge in [-0.2, -0.15) is 0 Å². The van der Waals surface area contributed by atoms with Crippen molar-refractivity contribution in [3.63, 3.8) is 0 Å². The van der Waals surface area contributed by atoms with Gasteiger partial charge in [-0.15, -0.1) is 0 Å². The molecule has 0 aliphatic carbocycles. The van der Waals surface area contributed by atoms with Gasteiger partial charge in [0.1, 0.15) is 0 Å². The van der Waals surface area contributed by atoms with E-state index in [2.05, 4.69) is 20.9 Å². The van der Waals surface area contributed by atoms with Crippen LogP contribution < -0.4 is 16.0 Å². The molecule has 1 unspecified atom stereocenters. The average Bonchev–Trinajstić information content (AvgIpc) is 2.54. The molecule has 1 aromatic heterocycles. The monoisotopic (exact) mass is 340 g/mol. The summed E-state index contributed by atoms with van der Waals surface area (Å²) < 4.78 is 0. The van der Waals surface area contributed by atoms with E-state index in [1.807, 2.05) is 39.8 Å². The van der Waals surface area contributed by atoms with Gasteiger partial charge < -0.3 is 16.0 Å². The molecule has 0 aliphatic heterocycles. The molecule has 25 heavy (non-hydrogen) atoms. The number of urea groups is 1. The zero-order chi connectivity index (χ0) is 18.4. The molecule has 132 valence electrons. The lowest BCUT2D eigenvalue weighted by molar-refractivity contribution is 0.0920. The van der Waals surface area contributed by atoms with Crippen LogP contribution in [-0.4, -0.2) is 22.5 Å². The minimum Gasteiger partial charge on any atom is -0.347 e. The number of nitrogens with zero attached hydrogens (tertiary/aromatic N) is 1. The number of amides is 3. The van der Waals surface area contributed by atoms with Gasteiger partial charge in [-0.3, -0.25) is 9.78 Å². The summed E-state index contributed by atoms with van der Waals surface area (Å²) in [5.41, 5.74) is 1.47. The molecule has 3 amide bonds. The van der Waals surface area contributed by atoms with Gasteiger partial charge in [0, 0.05) is 17.9 Å². The summed E-state index contributed by atoms with van der Waals surface area (Å²) in [5.74, 6) is -0.231. The normalized spacial score (nSPS) is 12.2. The number of nitrogens with one attached hydrogen (secondary N) is 3. The van der Waals surface area contributed by atoms with Gasteiger partial charge in [0.15, 0.2) is 0 Å².